The van der Waals surface area contributed by atoms with Gasteiger partial charge in [0.15, 0.2) is 0 Å². The molecular weight excluding hydrogens is 204 g/mol. The minimum atomic E-state index is 0.964. The molecule has 1 aromatic carbocycles. The van der Waals surface area contributed by atoms with Crippen molar-refractivity contribution >= 4 is 0 Å². The van der Waals surface area contributed by atoms with Crippen LogP contribution in [0.2, 0.25) is 0 Å². The first-order valence-corrected chi connectivity index (χ1v) is 7.47. The summed E-state index contributed by atoms with van der Waals surface area (Å²) in [4.78, 5) is 0. The van der Waals surface area contributed by atoms with Gasteiger partial charge in [0, 0.05) is 0 Å². The summed E-state index contributed by atoms with van der Waals surface area (Å²) in [5.41, 5.74) is 3.24. The van der Waals surface area contributed by atoms with Crippen molar-refractivity contribution in [1.29, 1.82) is 0 Å². The lowest BCUT2D eigenvalue weighted by Crippen LogP contribution is -2.10. The summed E-state index contributed by atoms with van der Waals surface area (Å²) in [5, 5.41) is 0. The standard InChI is InChI=1S/C17H26/c1-2-3-11-16-12-7-8-13-17(16)14-15-9-5-4-6-10-15/h7-8,12-13,15H,2-6,9-11,14H2,1H3. The first kappa shape index (κ1) is 12.7. The number of aryl methyl sites for hydroxylation is 1. The Labute approximate surface area is 106 Å². The van der Waals surface area contributed by atoms with Crippen LogP contribution in [-0.2, 0) is 12.8 Å². The molecule has 0 heterocycles. The second kappa shape index (κ2) is 6.83. The number of rotatable bonds is 5. The fourth-order valence-electron chi connectivity index (χ4n) is 3.07. The van der Waals surface area contributed by atoms with Crippen LogP contribution in [0.15, 0.2) is 24.3 Å². The number of hydrogen-bond acceptors (Lipinski definition) is 0. The van der Waals surface area contributed by atoms with E-state index in [1.54, 1.807) is 11.1 Å². The van der Waals surface area contributed by atoms with Gasteiger partial charge in [0.25, 0.3) is 0 Å². The summed E-state index contributed by atoms with van der Waals surface area (Å²) < 4.78 is 0. The zero-order chi connectivity index (χ0) is 11.9. The monoisotopic (exact) mass is 230 g/mol. The first-order valence-electron chi connectivity index (χ1n) is 7.47. The normalized spacial score (nSPS) is 17.2. The van der Waals surface area contributed by atoms with E-state index in [1.165, 1.54) is 57.8 Å². The molecule has 0 bridgehead atoms. The van der Waals surface area contributed by atoms with Gasteiger partial charge in [-0.2, -0.15) is 0 Å². The van der Waals surface area contributed by atoms with Crippen molar-refractivity contribution in [1.82, 2.24) is 0 Å². The number of benzene rings is 1. The maximum atomic E-state index is 2.36. The van der Waals surface area contributed by atoms with Crippen LogP contribution in [0.3, 0.4) is 0 Å². The highest BCUT2D eigenvalue weighted by Gasteiger charge is 2.15. The fraction of sp³-hybridized carbons (Fsp3) is 0.647. The van der Waals surface area contributed by atoms with E-state index in [-0.39, 0.29) is 0 Å². The van der Waals surface area contributed by atoms with Gasteiger partial charge < -0.3 is 0 Å². The van der Waals surface area contributed by atoms with E-state index in [0.717, 1.165) is 5.92 Å². The van der Waals surface area contributed by atoms with Crippen molar-refractivity contribution in [3.8, 4) is 0 Å². The molecule has 0 saturated heterocycles. The van der Waals surface area contributed by atoms with E-state index in [1.807, 2.05) is 0 Å². The molecule has 0 N–H and O–H groups in total. The lowest BCUT2D eigenvalue weighted by atomic mass is 9.83. The summed E-state index contributed by atoms with van der Waals surface area (Å²) in [6.07, 6.45) is 12.6. The van der Waals surface area contributed by atoms with Gasteiger partial charge >= 0.3 is 0 Å². The average Bonchev–Trinajstić information content (AvgIpc) is 2.39. The summed E-state index contributed by atoms with van der Waals surface area (Å²) in [6, 6.07) is 9.12. The van der Waals surface area contributed by atoms with Gasteiger partial charge in [0.05, 0.1) is 0 Å². The third-order valence-electron chi connectivity index (χ3n) is 4.15. The van der Waals surface area contributed by atoms with E-state index in [2.05, 4.69) is 31.2 Å². The Kier molecular flexibility index (Phi) is 5.09. The highest BCUT2D eigenvalue weighted by Crippen LogP contribution is 2.28. The van der Waals surface area contributed by atoms with Crippen molar-refractivity contribution in [3.63, 3.8) is 0 Å². The van der Waals surface area contributed by atoms with E-state index < -0.39 is 0 Å². The summed E-state index contributed by atoms with van der Waals surface area (Å²) >= 11 is 0. The van der Waals surface area contributed by atoms with Crippen LogP contribution in [-0.4, -0.2) is 0 Å². The van der Waals surface area contributed by atoms with E-state index in [0.29, 0.717) is 0 Å². The molecule has 17 heavy (non-hydrogen) atoms. The third kappa shape index (κ3) is 3.87. The second-order valence-corrected chi connectivity index (χ2v) is 5.58. The molecule has 0 amide bonds. The van der Waals surface area contributed by atoms with E-state index in [4.69, 9.17) is 0 Å². The van der Waals surface area contributed by atoms with Crippen LogP contribution in [0.1, 0.15) is 63.0 Å². The molecular formula is C17H26. The maximum absolute atomic E-state index is 2.36. The third-order valence-corrected chi connectivity index (χ3v) is 4.15. The highest BCUT2D eigenvalue weighted by atomic mass is 14.2. The molecule has 0 unspecified atom stereocenters. The quantitative estimate of drug-likeness (QED) is 0.656. The molecule has 0 nitrogen and oxygen atoms in total. The lowest BCUT2D eigenvalue weighted by molar-refractivity contribution is 0.356. The minimum Gasteiger partial charge on any atom is -0.0654 e. The van der Waals surface area contributed by atoms with Crippen LogP contribution < -0.4 is 0 Å². The molecule has 2 rings (SSSR count). The van der Waals surface area contributed by atoms with Gasteiger partial charge in [-0.3, -0.25) is 0 Å². The van der Waals surface area contributed by atoms with Crippen LogP contribution >= 0.6 is 0 Å². The van der Waals surface area contributed by atoms with Crippen LogP contribution in [0, 0.1) is 5.92 Å². The van der Waals surface area contributed by atoms with Crippen LogP contribution in [0.25, 0.3) is 0 Å². The van der Waals surface area contributed by atoms with Gasteiger partial charge in [-0.25, -0.2) is 0 Å². The Bertz CT molecular complexity index is 321. The van der Waals surface area contributed by atoms with E-state index >= 15 is 0 Å². The Hall–Kier alpha value is -0.780. The Morgan fingerprint density at radius 1 is 1.00 bits per heavy atom. The predicted octanol–water partition coefficient (Wildman–Crippen LogP) is 5.15. The van der Waals surface area contributed by atoms with Gasteiger partial charge in [-0.1, -0.05) is 69.7 Å². The van der Waals surface area contributed by atoms with E-state index in [9.17, 15) is 0 Å². The molecule has 0 aliphatic heterocycles. The topological polar surface area (TPSA) is 0 Å². The zero-order valence-corrected chi connectivity index (χ0v) is 11.3. The van der Waals surface area contributed by atoms with Gasteiger partial charge in [-0.05, 0) is 36.3 Å². The number of hydrogen-bond donors (Lipinski definition) is 0. The molecule has 1 aliphatic rings. The number of unbranched alkanes of at least 4 members (excludes halogenated alkanes) is 1. The molecule has 0 atom stereocenters. The lowest BCUT2D eigenvalue weighted by Gasteiger charge is -2.22. The molecule has 0 aromatic heterocycles. The summed E-state index contributed by atoms with van der Waals surface area (Å²) in [6.45, 7) is 2.28. The Morgan fingerprint density at radius 3 is 2.41 bits per heavy atom. The van der Waals surface area contributed by atoms with Gasteiger partial charge in [-0.15, -0.1) is 0 Å². The molecule has 1 aliphatic carbocycles. The van der Waals surface area contributed by atoms with Crippen LogP contribution in [0.5, 0.6) is 0 Å². The largest absolute Gasteiger partial charge is 0.0654 e. The van der Waals surface area contributed by atoms with Crippen molar-refractivity contribution in [2.24, 2.45) is 5.92 Å². The second-order valence-electron chi connectivity index (χ2n) is 5.58. The zero-order valence-electron chi connectivity index (χ0n) is 11.3. The molecule has 1 aromatic rings. The Balaban J connectivity index is 1.98. The van der Waals surface area contributed by atoms with Crippen molar-refractivity contribution in [3.05, 3.63) is 35.4 Å². The molecule has 94 valence electrons. The minimum absolute atomic E-state index is 0.964. The van der Waals surface area contributed by atoms with Crippen LogP contribution in [0.4, 0.5) is 0 Å². The first-order chi connectivity index (χ1) is 8.40. The fourth-order valence-corrected chi connectivity index (χ4v) is 3.07. The smallest absolute Gasteiger partial charge is 0.0248 e. The molecule has 1 saturated carbocycles. The summed E-state index contributed by atoms with van der Waals surface area (Å²) in [7, 11) is 0. The van der Waals surface area contributed by atoms with Gasteiger partial charge in [0.1, 0.15) is 0 Å². The maximum Gasteiger partial charge on any atom is -0.0248 e. The predicted molar refractivity (Wildman–Crippen MR) is 75.3 cm³/mol. The van der Waals surface area contributed by atoms with Crippen molar-refractivity contribution < 1.29 is 0 Å². The van der Waals surface area contributed by atoms with Crippen molar-refractivity contribution in [2.75, 3.05) is 0 Å². The summed E-state index contributed by atoms with van der Waals surface area (Å²) in [5.74, 6) is 0.964. The molecule has 0 radical (unpaired) electrons. The Morgan fingerprint density at radius 2 is 1.71 bits per heavy atom. The average molecular weight is 230 g/mol. The molecule has 0 spiro atoms. The highest BCUT2D eigenvalue weighted by molar-refractivity contribution is 5.27. The molecule has 1 fully saturated rings. The van der Waals surface area contributed by atoms with Crippen molar-refractivity contribution in [2.45, 2.75) is 64.7 Å². The SMILES string of the molecule is CCCCc1ccccc1CC1CCCCC1. The van der Waals surface area contributed by atoms with Gasteiger partial charge in [0.2, 0.25) is 0 Å². The molecule has 0 heteroatoms.